The normalized spacial score (nSPS) is 48.6. The Morgan fingerprint density at radius 1 is 0.646 bits per heavy atom. The van der Waals surface area contributed by atoms with Crippen molar-refractivity contribution in [1.29, 1.82) is 0 Å². The van der Waals surface area contributed by atoms with Crippen molar-refractivity contribution in [3.8, 4) is 0 Å². The number of hydrogen-bond donors (Lipinski definition) is 11. The molecule has 11 N–H and O–H groups in total. The van der Waals surface area contributed by atoms with Crippen LogP contribution in [0.25, 0.3) is 0 Å². The third-order valence-corrected chi connectivity index (χ3v) is 21.3. The summed E-state index contributed by atoms with van der Waals surface area (Å²) in [5, 5.41) is 121. The molecule has 0 aromatic heterocycles. The number of carbonyl (C=O) groups is 3. The van der Waals surface area contributed by atoms with Crippen LogP contribution in [0.1, 0.15) is 121 Å². The van der Waals surface area contributed by atoms with Gasteiger partial charge in [0, 0.05) is 16.6 Å². The molecular weight excluding hydrogens is 1040 g/mol. The Labute approximate surface area is 461 Å². The minimum atomic E-state index is -2.10. The molecule has 3 saturated heterocycles. The summed E-state index contributed by atoms with van der Waals surface area (Å²) < 4.78 is 49.2. The molecule has 5 aliphatic carbocycles. The average molecular weight is 1130 g/mol. The number of rotatable bonds is 14. The summed E-state index contributed by atoms with van der Waals surface area (Å²) in [5.74, 6) is -3.40. The van der Waals surface area contributed by atoms with Gasteiger partial charge in [-0.15, -0.1) is 0 Å². The van der Waals surface area contributed by atoms with Gasteiger partial charge >= 0.3 is 17.9 Å². The zero-order valence-corrected chi connectivity index (χ0v) is 47.3. The highest BCUT2D eigenvalue weighted by Crippen LogP contribution is 2.76. The number of ether oxygens (including phenoxy) is 8. The third kappa shape index (κ3) is 9.99. The van der Waals surface area contributed by atoms with E-state index >= 15 is 0 Å². The molecule has 3 aliphatic heterocycles. The van der Waals surface area contributed by atoms with Crippen LogP contribution in [-0.4, -0.2) is 204 Å². The van der Waals surface area contributed by atoms with Crippen LogP contribution in [0.5, 0.6) is 0 Å². The van der Waals surface area contributed by atoms with Crippen LogP contribution >= 0.6 is 0 Å². The SMILES string of the molecule is C/C=C(/C)C(=O)O[C@H]1[C@H](OC(=O)/C(C)=C/C)[C@]2(CO)[C@H](O)C[C@]3(C)C(=CC[C@@H]4[C@@]5(C)CC[C@H](O[C@@H]6O[C@H](C(=O)O)[C@@H](O)[C@H](O[C@@H]7O[C@@H](CO)[C@H](O)[C@H]7O)[C@H]6O[C@@H]6O[C@H](CO)[C@H](O)[C@H](O)[C@H]6O)C(C)(C)[C@@H]5CC[C@]43C)[C@@H]2CC1(C)C. The van der Waals surface area contributed by atoms with Crippen LogP contribution in [0.4, 0.5) is 0 Å². The van der Waals surface area contributed by atoms with Crippen LogP contribution in [-0.2, 0) is 52.3 Å². The molecule has 448 valence electrons. The Balaban J connectivity index is 1.12. The van der Waals surface area contributed by atoms with Crippen molar-refractivity contribution >= 4 is 17.9 Å². The molecule has 0 unspecified atom stereocenters. The van der Waals surface area contributed by atoms with E-state index in [1.165, 1.54) is 0 Å². The Morgan fingerprint density at radius 2 is 1.19 bits per heavy atom. The molecule has 0 bridgehead atoms. The van der Waals surface area contributed by atoms with E-state index in [0.29, 0.717) is 49.7 Å². The standard InChI is InChI=1S/C57H88O22/c1-12-25(3)47(70)78-44-45(79-48(71)26(4)13-2)57(24-60)28(20-52(44,5)6)27-14-15-32-54(9)18-17-34(53(7,8)31(54)16-19-55(32,10)56(27,11)21-33(57)61)74-51-43(77-50-39(66)37(64)35(62)29(22-58)72-50)41(40(67)42(76-51)46(68)69)75-49-38(65)36(63)30(23-59)73-49/h12-14,28-45,49-51,58-67H,15-24H2,1-11H3,(H,68,69)/b25-12-,26-13+/t28-,29+,30-,31-,32+,33+,34-,35-,36-,37-,38+,39+,40-,41-,42-,43+,44-,45-,49-,50-,51+,54-,55+,56+,57-/m0/s1. The molecule has 25 atom stereocenters. The minimum Gasteiger partial charge on any atom is -0.479 e. The first-order valence-electron chi connectivity index (χ1n) is 28.0. The van der Waals surface area contributed by atoms with E-state index < -0.39 is 181 Å². The van der Waals surface area contributed by atoms with E-state index in [1.807, 2.05) is 13.8 Å². The Kier molecular flexibility index (Phi) is 17.7. The molecular formula is C57H88O22. The molecule has 22 nitrogen and oxygen atoms in total. The fourth-order valence-corrected chi connectivity index (χ4v) is 16.2. The quantitative estimate of drug-likeness (QED) is 0.0505. The number of hydrogen-bond acceptors (Lipinski definition) is 21. The van der Waals surface area contributed by atoms with Crippen LogP contribution in [0.3, 0.4) is 0 Å². The number of aliphatic hydroxyl groups excluding tert-OH is 10. The molecule has 4 saturated carbocycles. The number of aliphatic hydroxyl groups is 10. The summed E-state index contributed by atoms with van der Waals surface area (Å²) in [7, 11) is 0. The lowest BCUT2D eigenvalue weighted by atomic mass is 9.33. The van der Waals surface area contributed by atoms with Gasteiger partial charge in [0.15, 0.2) is 31.1 Å². The molecule has 0 spiro atoms. The number of carbonyl (C=O) groups excluding carboxylic acids is 2. The zero-order valence-electron chi connectivity index (χ0n) is 47.3. The maximum atomic E-state index is 13.8. The molecule has 3 heterocycles. The van der Waals surface area contributed by atoms with Gasteiger partial charge in [0.1, 0.15) is 67.1 Å². The highest BCUT2D eigenvalue weighted by atomic mass is 16.8. The molecule has 8 aliphatic rings. The van der Waals surface area contributed by atoms with E-state index in [2.05, 4.69) is 40.7 Å². The maximum Gasteiger partial charge on any atom is 0.335 e. The summed E-state index contributed by atoms with van der Waals surface area (Å²) in [4.78, 5) is 40.3. The van der Waals surface area contributed by atoms with Gasteiger partial charge in [-0.2, -0.15) is 0 Å². The largest absolute Gasteiger partial charge is 0.479 e. The predicted octanol–water partition coefficient (Wildman–Crippen LogP) is 1.29. The number of fused-ring (bicyclic) bond motifs is 7. The van der Waals surface area contributed by atoms with Gasteiger partial charge in [-0.05, 0) is 112 Å². The third-order valence-electron chi connectivity index (χ3n) is 21.3. The first kappa shape index (κ1) is 62.0. The smallest absolute Gasteiger partial charge is 0.335 e. The van der Waals surface area contributed by atoms with Crippen LogP contribution in [0, 0.1) is 50.2 Å². The van der Waals surface area contributed by atoms with E-state index in [9.17, 15) is 70.6 Å². The van der Waals surface area contributed by atoms with Crippen molar-refractivity contribution in [2.75, 3.05) is 19.8 Å². The summed E-state index contributed by atoms with van der Waals surface area (Å²) >= 11 is 0. The van der Waals surface area contributed by atoms with Gasteiger partial charge in [-0.3, -0.25) is 0 Å². The fourth-order valence-electron chi connectivity index (χ4n) is 16.2. The predicted molar refractivity (Wildman–Crippen MR) is 275 cm³/mol. The number of carboxylic acid groups (broad SMARTS) is 1. The Bertz CT molecular complexity index is 2350. The highest BCUT2D eigenvalue weighted by molar-refractivity contribution is 5.89. The number of allylic oxidation sites excluding steroid dienone is 4. The van der Waals surface area contributed by atoms with Crippen LogP contribution in [0.15, 0.2) is 34.9 Å². The summed E-state index contributed by atoms with van der Waals surface area (Å²) in [6, 6.07) is 0. The zero-order chi connectivity index (χ0) is 58.4. The lowest BCUT2D eigenvalue weighted by Gasteiger charge is -2.72. The molecule has 22 heteroatoms. The minimum absolute atomic E-state index is 0.0232. The van der Waals surface area contributed by atoms with Crippen molar-refractivity contribution in [2.24, 2.45) is 50.2 Å². The lowest BCUT2D eigenvalue weighted by Crippen LogP contribution is -2.72. The van der Waals surface area contributed by atoms with Crippen molar-refractivity contribution in [2.45, 2.75) is 232 Å². The van der Waals surface area contributed by atoms with Crippen molar-refractivity contribution in [1.82, 2.24) is 0 Å². The fraction of sp³-hybridized carbons (Fsp3) is 0.842. The summed E-state index contributed by atoms with van der Waals surface area (Å²) in [5.41, 5.74) is -2.71. The maximum absolute atomic E-state index is 13.8. The van der Waals surface area contributed by atoms with Gasteiger partial charge in [0.05, 0.1) is 37.4 Å². The van der Waals surface area contributed by atoms with Crippen LogP contribution < -0.4 is 0 Å². The van der Waals surface area contributed by atoms with Gasteiger partial charge in [0.25, 0.3) is 0 Å². The number of esters is 2. The molecule has 79 heavy (non-hydrogen) atoms. The van der Waals surface area contributed by atoms with E-state index in [1.54, 1.807) is 39.8 Å². The lowest BCUT2D eigenvalue weighted by molar-refractivity contribution is -0.386. The summed E-state index contributed by atoms with van der Waals surface area (Å²) in [6.45, 7) is 19.4. The van der Waals surface area contributed by atoms with Gasteiger partial charge in [-0.25, -0.2) is 14.4 Å². The Hall–Kier alpha value is -3.01. The summed E-state index contributed by atoms with van der Waals surface area (Å²) in [6.07, 6.45) is -20.2. The van der Waals surface area contributed by atoms with Crippen molar-refractivity contribution in [3.63, 3.8) is 0 Å². The second-order valence-electron chi connectivity index (χ2n) is 26.0. The molecule has 0 aromatic rings. The molecule has 7 fully saturated rings. The van der Waals surface area contributed by atoms with Crippen molar-refractivity contribution < 1.29 is 108 Å². The number of carboxylic acids is 1. The number of aliphatic carboxylic acids is 1. The average Bonchev–Trinajstić information content (AvgIpc) is 3.80. The molecule has 0 aromatic carbocycles. The van der Waals surface area contributed by atoms with Gasteiger partial charge in [-0.1, -0.05) is 72.3 Å². The van der Waals surface area contributed by atoms with E-state index in [0.717, 1.165) is 5.57 Å². The monoisotopic (exact) mass is 1120 g/mol. The van der Waals surface area contributed by atoms with E-state index in [4.69, 9.17) is 37.9 Å². The Morgan fingerprint density at radius 3 is 1.73 bits per heavy atom. The van der Waals surface area contributed by atoms with Gasteiger partial charge < -0.3 is 94.1 Å². The highest BCUT2D eigenvalue weighted by Gasteiger charge is 2.74. The first-order chi connectivity index (χ1) is 36.9. The molecule has 8 rings (SSSR count). The van der Waals surface area contributed by atoms with E-state index in [-0.39, 0.29) is 23.7 Å². The van der Waals surface area contributed by atoms with Gasteiger partial charge in [0.2, 0.25) is 0 Å². The van der Waals surface area contributed by atoms with Crippen molar-refractivity contribution in [3.05, 3.63) is 34.9 Å². The second kappa shape index (κ2) is 22.5. The molecule has 0 amide bonds. The second-order valence-corrected chi connectivity index (χ2v) is 26.0. The molecule has 0 radical (unpaired) electrons. The van der Waals surface area contributed by atoms with Crippen LogP contribution in [0.2, 0.25) is 0 Å². The topological polar surface area (TPSA) is 348 Å². The first-order valence-corrected chi connectivity index (χ1v) is 28.0.